The molecular formula is C10H17N3O2. The molecule has 2 N–H and O–H groups in total. The van der Waals surface area contributed by atoms with Crippen molar-refractivity contribution in [1.82, 2.24) is 9.80 Å². The van der Waals surface area contributed by atoms with E-state index in [0.29, 0.717) is 32.2 Å². The predicted molar refractivity (Wildman–Crippen MR) is 55.0 cm³/mol. The second-order valence-electron chi connectivity index (χ2n) is 4.16. The first-order valence-electron chi connectivity index (χ1n) is 5.49. The monoisotopic (exact) mass is 211 g/mol. The van der Waals surface area contributed by atoms with Crippen LogP contribution in [-0.4, -0.2) is 53.8 Å². The fraction of sp³-hybridized carbons (Fsp3) is 0.800. The normalized spacial score (nSPS) is 23.3. The van der Waals surface area contributed by atoms with Gasteiger partial charge in [0, 0.05) is 32.2 Å². The van der Waals surface area contributed by atoms with Crippen molar-refractivity contribution in [2.75, 3.05) is 26.2 Å². The zero-order valence-corrected chi connectivity index (χ0v) is 8.82. The second kappa shape index (κ2) is 4.18. The van der Waals surface area contributed by atoms with Crippen LogP contribution < -0.4 is 5.73 Å². The van der Waals surface area contributed by atoms with E-state index < -0.39 is 0 Å². The van der Waals surface area contributed by atoms with Crippen molar-refractivity contribution in [2.45, 2.75) is 25.3 Å². The summed E-state index contributed by atoms with van der Waals surface area (Å²) in [6.45, 7) is 2.33. The summed E-state index contributed by atoms with van der Waals surface area (Å²) < 4.78 is 0. The molecule has 1 saturated carbocycles. The Hall–Kier alpha value is -1.10. The number of hydrogen-bond donors (Lipinski definition) is 1. The Kier molecular flexibility index (Phi) is 2.90. The SMILES string of the molecule is NCCN1CCN(C2CC2)C(=O)CC1=O. The van der Waals surface area contributed by atoms with Crippen LogP contribution in [-0.2, 0) is 9.59 Å². The third-order valence-corrected chi connectivity index (χ3v) is 2.97. The van der Waals surface area contributed by atoms with Gasteiger partial charge in [0.05, 0.1) is 0 Å². The van der Waals surface area contributed by atoms with Crippen LogP contribution >= 0.6 is 0 Å². The van der Waals surface area contributed by atoms with Crippen LogP contribution in [0.25, 0.3) is 0 Å². The molecule has 0 aromatic rings. The molecule has 1 aliphatic carbocycles. The first-order valence-corrected chi connectivity index (χ1v) is 5.49. The molecule has 0 aromatic carbocycles. The molecule has 0 bridgehead atoms. The highest BCUT2D eigenvalue weighted by Gasteiger charge is 2.35. The standard InChI is InChI=1S/C10H17N3O2/c11-3-4-12-5-6-13(8-1-2-8)10(15)7-9(12)14/h8H,1-7,11H2. The molecule has 0 atom stereocenters. The molecule has 2 rings (SSSR count). The first-order chi connectivity index (χ1) is 7.22. The smallest absolute Gasteiger partial charge is 0.232 e. The lowest BCUT2D eigenvalue weighted by molar-refractivity contribution is -0.137. The molecule has 5 heteroatoms. The zero-order chi connectivity index (χ0) is 10.8. The molecule has 2 fully saturated rings. The van der Waals surface area contributed by atoms with Gasteiger partial charge in [-0.05, 0) is 12.8 Å². The van der Waals surface area contributed by atoms with Gasteiger partial charge in [0.25, 0.3) is 0 Å². The highest BCUT2D eigenvalue weighted by molar-refractivity contribution is 5.97. The predicted octanol–water partition coefficient (Wildman–Crippen LogP) is -0.832. The molecule has 2 aliphatic rings. The van der Waals surface area contributed by atoms with E-state index in [9.17, 15) is 9.59 Å². The number of nitrogens with two attached hydrogens (primary N) is 1. The third kappa shape index (κ3) is 2.28. The van der Waals surface area contributed by atoms with Gasteiger partial charge < -0.3 is 15.5 Å². The van der Waals surface area contributed by atoms with Crippen LogP contribution in [0.4, 0.5) is 0 Å². The van der Waals surface area contributed by atoms with Crippen molar-refractivity contribution in [3.63, 3.8) is 0 Å². The van der Waals surface area contributed by atoms with Gasteiger partial charge in [-0.3, -0.25) is 9.59 Å². The minimum Gasteiger partial charge on any atom is -0.339 e. The quantitative estimate of drug-likeness (QED) is 0.619. The highest BCUT2D eigenvalue weighted by atomic mass is 16.2. The second-order valence-corrected chi connectivity index (χ2v) is 4.16. The maximum absolute atomic E-state index is 11.7. The maximum Gasteiger partial charge on any atom is 0.232 e. The molecular weight excluding hydrogens is 194 g/mol. The number of nitrogens with zero attached hydrogens (tertiary/aromatic N) is 2. The van der Waals surface area contributed by atoms with E-state index in [1.807, 2.05) is 4.90 Å². The number of carbonyl (C=O) groups is 2. The van der Waals surface area contributed by atoms with Crippen molar-refractivity contribution in [1.29, 1.82) is 0 Å². The molecule has 0 aromatic heterocycles. The largest absolute Gasteiger partial charge is 0.339 e. The summed E-state index contributed by atoms with van der Waals surface area (Å²) in [5.41, 5.74) is 5.42. The Morgan fingerprint density at radius 1 is 1.20 bits per heavy atom. The Labute approximate surface area is 89.2 Å². The summed E-state index contributed by atoms with van der Waals surface area (Å²) in [6, 6.07) is 0.406. The molecule has 15 heavy (non-hydrogen) atoms. The van der Waals surface area contributed by atoms with Crippen molar-refractivity contribution in [2.24, 2.45) is 5.73 Å². The molecule has 2 amide bonds. The molecule has 1 saturated heterocycles. The van der Waals surface area contributed by atoms with Crippen molar-refractivity contribution < 1.29 is 9.59 Å². The van der Waals surface area contributed by atoms with Gasteiger partial charge in [0.15, 0.2) is 0 Å². The van der Waals surface area contributed by atoms with Gasteiger partial charge >= 0.3 is 0 Å². The van der Waals surface area contributed by atoms with Crippen LogP contribution in [0.3, 0.4) is 0 Å². The van der Waals surface area contributed by atoms with Crippen molar-refractivity contribution in [3.05, 3.63) is 0 Å². The summed E-state index contributed by atoms with van der Waals surface area (Å²) in [4.78, 5) is 26.9. The van der Waals surface area contributed by atoms with Gasteiger partial charge in [0.1, 0.15) is 6.42 Å². The van der Waals surface area contributed by atoms with Crippen LogP contribution in [0.5, 0.6) is 0 Å². The van der Waals surface area contributed by atoms with Crippen molar-refractivity contribution >= 4 is 11.8 Å². The first kappa shape index (κ1) is 10.4. The third-order valence-electron chi connectivity index (χ3n) is 2.97. The van der Waals surface area contributed by atoms with Crippen LogP contribution in [0.2, 0.25) is 0 Å². The average Bonchev–Trinajstić information content (AvgIpc) is 2.99. The fourth-order valence-electron chi connectivity index (χ4n) is 1.99. The Morgan fingerprint density at radius 3 is 2.53 bits per heavy atom. The summed E-state index contributed by atoms with van der Waals surface area (Å²) in [5.74, 6) is -0.0874. The lowest BCUT2D eigenvalue weighted by Gasteiger charge is -2.21. The van der Waals surface area contributed by atoms with Crippen LogP contribution in [0.1, 0.15) is 19.3 Å². The van der Waals surface area contributed by atoms with E-state index in [2.05, 4.69) is 0 Å². The summed E-state index contributed by atoms with van der Waals surface area (Å²) in [7, 11) is 0. The van der Waals surface area contributed by atoms with Crippen LogP contribution in [0.15, 0.2) is 0 Å². The van der Waals surface area contributed by atoms with Gasteiger partial charge in [-0.25, -0.2) is 0 Å². The number of carbonyl (C=O) groups excluding carboxylic acids is 2. The molecule has 0 radical (unpaired) electrons. The molecule has 0 spiro atoms. The Bertz CT molecular complexity index is 276. The lowest BCUT2D eigenvalue weighted by Crippen LogP contribution is -2.37. The van der Waals surface area contributed by atoms with Gasteiger partial charge in [-0.2, -0.15) is 0 Å². The van der Waals surface area contributed by atoms with E-state index >= 15 is 0 Å². The maximum atomic E-state index is 11.7. The fourth-order valence-corrected chi connectivity index (χ4v) is 1.99. The minimum absolute atomic E-state index is 0.0120. The Balaban J connectivity index is 1.99. The average molecular weight is 211 g/mol. The van der Waals surface area contributed by atoms with Crippen LogP contribution in [0, 0.1) is 0 Å². The molecule has 1 heterocycles. The number of hydrogen-bond acceptors (Lipinski definition) is 3. The topological polar surface area (TPSA) is 66.6 Å². The highest BCUT2D eigenvalue weighted by Crippen LogP contribution is 2.28. The number of rotatable bonds is 3. The molecule has 5 nitrogen and oxygen atoms in total. The van der Waals surface area contributed by atoms with Crippen molar-refractivity contribution in [3.8, 4) is 0 Å². The Morgan fingerprint density at radius 2 is 1.93 bits per heavy atom. The summed E-state index contributed by atoms with van der Waals surface area (Å²) in [5, 5.41) is 0. The lowest BCUT2D eigenvalue weighted by atomic mass is 10.3. The van der Waals surface area contributed by atoms with E-state index in [1.165, 1.54) is 0 Å². The summed E-state index contributed by atoms with van der Waals surface area (Å²) >= 11 is 0. The minimum atomic E-state index is -0.0754. The van der Waals surface area contributed by atoms with E-state index in [4.69, 9.17) is 5.73 Å². The van der Waals surface area contributed by atoms with E-state index in [0.717, 1.165) is 12.8 Å². The zero-order valence-electron chi connectivity index (χ0n) is 8.82. The molecule has 1 aliphatic heterocycles. The van der Waals surface area contributed by atoms with Gasteiger partial charge in [-0.1, -0.05) is 0 Å². The van der Waals surface area contributed by atoms with E-state index in [1.54, 1.807) is 4.90 Å². The molecule has 0 unspecified atom stereocenters. The van der Waals surface area contributed by atoms with E-state index in [-0.39, 0.29) is 18.2 Å². The number of amides is 2. The van der Waals surface area contributed by atoms with Gasteiger partial charge in [0.2, 0.25) is 11.8 Å². The molecule has 84 valence electrons. The summed E-state index contributed by atoms with van der Waals surface area (Å²) in [6.07, 6.45) is 2.21. The van der Waals surface area contributed by atoms with Gasteiger partial charge in [-0.15, -0.1) is 0 Å².